The first-order chi connectivity index (χ1) is 7.83. The Hall–Kier alpha value is -1.16. The van der Waals surface area contributed by atoms with E-state index in [0.717, 1.165) is 31.1 Å². The molecular formula is C12H20N4. The van der Waals surface area contributed by atoms with Crippen molar-refractivity contribution in [2.45, 2.75) is 32.7 Å². The number of rotatable bonds is 3. The van der Waals surface area contributed by atoms with Gasteiger partial charge < -0.3 is 10.2 Å². The maximum atomic E-state index is 4.46. The van der Waals surface area contributed by atoms with Crippen molar-refractivity contribution in [2.24, 2.45) is 0 Å². The smallest absolute Gasteiger partial charge is 0.150 e. The number of hydrogen-bond acceptors (Lipinski definition) is 4. The Labute approximate surface area is 97.1 Å². The number of likely N-dealkylation sites (N-methyl/N-ethyl adjacent to an activating group) is 1. The molecule has 0 bridgehead atoms. The van der Waals surface area contributed by atoms with Crippen LogP contribution in [0.3, 0.4) is 0 Å². The van der Waals surface area contributed by atoms with E-state index in [0.29, 0.717) is 6.04 Å². The average Bonchev–Trinajstić information content (AvgIpc) is 2.34. The van der Waals surface area contributed by atoms with Gasteiger partial charge in [-0.05, 0) is 33.2 Å². The van der Waals surface area contributed by atoms with E-state index in [4.69, 9.17) is 0 Å². The molecule has 1 unspecified atom stereocenters. The first kappa shape index (κ1) is 11.3. The van der Waals surface area contributed by atoms with Crippen molar-refractivity contribution in [3.05, 3.63) is 18.1 Å². The second-order valence-corrected chi connectivity index (χ2v) is 4.25. The number of nitrogens with one attached hydrogen (secondary N) is 1. The largest absolute Gasteiger partial charge is 0.351 e. The van der Waals surface area contributed by atoms with Gasteiger partial charge in [0.2, 0.25) is 0 Å². The number of anilines is 1. The van der Waals surface area contributed by atoms with E-state index < -0.39 is 0 Å². The van der Waals surface area contributed by atoms with Crippen molar-refractivity contribution < 1.29 is 0 Å². The SMILES string of the molecule is CCN(c1nccnc1C)C1CCCNC1. The van der Waals surface area contributed by atoms with E-state index in [1.165, 1.54) is 12.8 Å². The van der Waals surface area contributed by atoms with Crippen LogP contribution in [-0.4, -0.2) is 35.6 Å². The zero-order valence-electron chi connectivity index (χ0n) is 10.1. The van der Waals surface area contributed by atoms with Gasteiger partial charge in [-0.2, -0.15) is 0 Å². The highest BCUT2D eigenvalue weighted by Crippen LogP contribution is 2.20. The Morgan fingerprint density at radius 1 is 1.44 bits per heavy atom. The Morgan fingerprint density at radius 3 is 2.88 bits per heavy atom. The third kappa shape index (κ3) is 2.32. The van der Waals surface area contributed by atoms with Gasteiger partial charge in [-0.1, -0.05) is 0 Å². The molecule has 4 nitrogen and oxygen atoms in total. The van der Waals surface area contributed by atoms with Crippen molar-refractivity contribution in [3.63, 3.8) is 0 Å². The molecule has 16 heavy (non-hydrogen) atoms. The zero-order valence-corrected chi connectivity index (χ0v) is 10.1. The molecule has 1 aromatic rings. The molecule has 1 aromatic heterocycles. The van der Waals surface area contributed by atoms with E-state index in [1.807, 2.05) is 6.92 Å². The number of aromatic nitrogens is 2. The fourth-order valence-corrected chi connectivity index (χ4v) is 2.36. The summed E-state index contributed by atoms with van der Waals surface area (Å²) in [7, 11) is 0. The number of hydrogen-bond donors (Lipinski definition) is 1. The van der Waals surface area contributed by atoms with Crippen molar-refractivity contribution in [1.29, 1.82) is 0 Å². The molecule has 1 atom stereocenters. The van der Waals surface area contributed by atoms with Crippen LogP contribution in [0.1, 0.15) is 25.5 Å². The molecule has 2 heterocycles. The van der Waals surface area contributed by atoms with Gasteiger partial charge in [0.05, 0.1) is 5.69 Å². The maximum absolute atomic E-state index is 4.46. The minimum absolute atomic E-state index is 0.564. The lowest BCUT2D eigenvalue weighted by atomic mass is 10.1. The van der Waals surface area contributed by atoms with Crippen LogP contribution >= 0.6 is 0 Å². The van der Waals surface area contributed by atoms with Crippen molar-refractivity contribution in [2.75, 3.05) is 24.5 Å². The fourth-order valence-electron chi connectivity index (χ4n) is 2.36. The molecule has 0 radical (unpaired) electrons. The van der Waals surface area contributed by atoms with E-state index in [9.17, 15) is 0 Å². The highest BCUT2D eigenvalue weighted by Gasteiger charge is 2.22. The Balaban J connectivity index is 2.18. The summed E-state index contributed by atoms with van der Waals surface area (Å²) >= 11 is 0. The van der Waals surface area contributed by atoms with Gasteiger partial charge >= 0.3 is 0 Å². The standard InChI is InChI=1S/C12H20N4/c1-3-16(11-5-4-6-13-9-11)12-10(2)14-7-8-15-12/h7-8,11,13H,3-6,9H2,1-2H3. The molecule has 0 aliphatic carbocycles. The van der Waals surface area contributed by atoms with Crippen molar-refractivity contribution in [3.8, 4) is 0 Å². The van der Waals surface area contributed by atoms with Gasteiger partial charge in [0.1, 0.15) is 5.82 Å². The third-order valence-corrected chi connectivity index (χ3v) is 3.18. The molecule has 1 aliphatic rings. The lowest BCUT2D eigenvalue weighted by molar-refractivity contribution is 0.432. The van der Waals surface area contributed by atoms with Crippen LogP contribution in [0, 0.1) is 6.92 Å². The minimum Gasteiger partial charge on any atom is -0.351 e. The molecule has 1 N–H and O–H groups in total. The number of nitrogens with zero attached hydrogens (tertiary/aromatic N) is 3. The van der Waals surface area contributed by atoms with Crippen molar-refractivity contribution in [1.82, 2.24) is 15.3 Å². The zero-order chi connectivity index (χ0) is 11.4. The minimum atomic E-state index is 0.564. The first-order valence-electron chi connectivity index (χ1n) is 6.08. The van der Waals surface area contributed by atoms with Crippen LogP contribution in [-0.2, 0) is 0 Å². The monoisotopic (exact) mass is 220 g/mol. The van der Waals surface area contributed by atoms with Crippen LogP contribution in [0.15, 0.2) is 12.4 Å². The molecule has 1 saturated heterocycles. The molecule has 1 fully saturated rings. The molecule has 0 aromatic carbocycles. The Kier molecular flexibility index (Phi) is 3.72. The normalized spacial score (nSPS) is 20.8. The fraction of sp³-hybridized carbons (Fsp3) is 0.667. The quantitative estimate of drug-likeness (QED) is 0.835. The molecular weight excluding hydrogens is 200 g/mol. The number of aryl methyl sites for hydroxylation is 1. The van der Waals surface area contributed by atoms with Crippen LogP contribution in [0.5, 0.6) is 0 Å². The summed E-state index contributed by atoms with van der Waals surface area (Å²) in [5.74, 6) is 1.04. The van der Waals surface area contributed by atoms with E-state index in [2.05, 4.69) is 27.1 Å². The Bertz CT molecular complexity index is 334. The van der Waals surface area contributed by atoms with E-state index in [-0.39, 0.29) is 0 Å². The van der Waals surface area contributed by atoms with Gasteiger partial charge in [-0.15, -0.1) is 0 Å². The van der Waals surface area contributed by atoms with Crippen LogP contribution in [0.25, 0.3) is 0 Å². The molecule has 1 aliphatic heterocycles. The lowest BCUT2D eigenvalue weighted by Gasteiger charge is -2.35. The van der Waals surface area contributed by atoms with Crippen LogP contribution in [0.4, 0.5) is 5.82 Å². The summed E-state index contributed by atoms with van der Waals surface area (Å²) < 4.78 is 0. The highest BCUT2D eigenvalue weighted by molar-refractivity contribution is 5.43. The molecule has 0 spiro atoms. The van der Waals surface area contributed by atoms with E-state index in [1.54, 1.807) is 12.4 Å². The second kappa shape index (κ2) is 5.25. The lowest BCUT2D eigenvalue weighted by Crippen LogP contribution is -2.46. The molecule has 88 valence electrons. The maximum Gasteiger partial charge on any atom is 0.150 e. The Morgan fingerprint density at radius 2 is 2.25 bits per heavy atom. The van der Waals surface area contributed by atoms with Gasteiger partial charge in [0.15, 0.2) is 0 Å². The van der Waals surface area contributed by atoms with Crippen LogP contribution < -0.4 is 10.2 Å². The highest BCUT2D eigenvalue weighted by atomic mass is 15.2. The third-order valence-electron chi connectivity index (χ3n) is 3.18. The topological polar surface area (TPSA) is 41.1 Å². The van der Waals surface area contributed by atoms with Gasteiger partial charge in [0, 0.05) is 31.5 Å². The summed E-state index contributed by atoms with van der Waals surface area (Å²) in [4.78, 5) is 11.1. The summed E-state index contributed by atoms with van der Waals surface area (Å²) in [6.45, 7) is 7.41. The van der Waals surface area contributed by atoms with Gasteiger partial charge in [-0.3, -0.25) is 4.98 Å². The predicted molar refractivity (Wildman–Crippen MR) is 65.7 cm³/mol. The molecule has 0 amide bonds. The average molecular weight is 220 g/mol. The van der Waals surface area contributed by atoms with Crippen molar-refractivity contribution >= 4 is 5.82 Å². The summed E-state index contributed by atoms with van der Waals surface area (Å²) in [6, 6.07) is 0.564. The second-order valence-electron chi connectivity index (χ2n) is 4.25. The first-order valence-corrected chi connectivity index (χ1v) is 6.08. The van der Waals surface area contributed by atoms with E-state index >= 15 is 0 Å². The summed E-state index contributed by atoms with van der Waals surface area (Å²) in [6.07, 6.45) is 6.03. The molecule has 4 heteroatoms. The summed E-state index contributed by atoms with van der Waals surface area (Å²) in [5, 5.41) is 3.45. The number of piperidine rings is 1. The molecule has 0 saturated carbocycles. The van der Waals surface area contributed by atoms with Gasteiger partial charge in [-0.25, -0.2) is 4.98 Å². The summed E-state index contributed by atoms with van der Waals surface area (Å²) in [5.41, 5.74) is 1.02. The van der Waals surface area contributed by atoms with Crippen LogP contribution in [0.2, 0.25) is 0 Å². The van der Waals surface area contributed by atoms with Gasteiger partial charge in [0.25, 0.3) is 0 Å². The molecule has 2 rings (SSSR count). The predicted octanol–water partition coefficient (Wildman–Crippen LogP) is 1.36.